The van der Waals surface area contributed by atoms with E-state index in [-0.39, 0.29) is 6.61 Å². The van der Waals surface area contributed by atoms with Crippen LogP contribution in [0.15, 0.2) is 70.0 Å². The van der Waals surface area contributed by atoms with Gasteiger partial charge in [0.25, 0.3) is 0 Å². The highest BCUT2D eigenvalue weighted by Crippen LogP contribution is 2.22. The molecule has 4 rings (SSSR count). The number of esters is 1. The Morgan fingerprint density at radius 2 is 1.90 bits per heavy atom. The zero-order valence-corrected chi connectivity index (χ0v) is 17.2. The second kappa shape index (κ2) is 8.79. The molecule has 156 valence electrons. The molecule has 7 nitrogen and oxygen atoms in total. The summed E-state index contributed by atoms with van der Waals surface area (Å²) in [5, 5.41) is 8.85. The Labute approximate surface area is 178 Å². The molecule has 0 aliphatic rings. The number of carbonyl (C=O) groups excluding carboxylic acids is 1. The summed E-state index contributed by atoms with van der Waals surface area (Å²) in [6, 6.07) is 15.0. The molecule has 0 saturated carbocycles. The van der Waals surface area contributed by atoms with Crippen molar-refractivity contribution in [2.24, 2.45) is 0 Å². The lowest BCUT2D eigenvalue weighted by molar-refractivity contribution is -0.138. The molecule has 0 fully saturated rings. The van der Waals surface area contributed by atoms with E-state index in [4.69, 9.17) is 9.15 Å². The van der Waals surface area contributed by atoms with E-state index in [0.29, 0.717) is 23.4 Å². The molecular formula is C24H21N3O4. The van der Waals surface area contributed by atoms with Crippen molar-refractivity contribution in [2.45, 2.75) is 27.0 Å². The highest BCUT2D eigenvalue weighted by molar-refractivity contribution is 5.87. The number of fused-ring (bicyclic) bond motifs is 1. The Morgan fingerprint density at radius 1 is 1.13 bits per heavy atom. The molecule has 2 aromatic carbocycles. The highest BCUT2D eigenvalue weighted by atomic mass is 16.5. The number of carbonyl (C=O) groups is 1. The zero-order valence-electron chi connectivity index (χ0n) is 17.2. The number of aryl methyl sites for hydroxylation is 2. The number of benzene rings is 2. The van der Waals surface area contributed by atoms with Gasteiger partial charge >= 0.3 is 11.6 Å². The van der Waals surface area contributed by atoms with Crippen LogP contribution in [-0.4, -0.2) is 21.0 Å². The van der Waals surface area contributed by atoms with E-state index >= 15 is 0 Å². The van der Waals surface area contributed by atoms with Gasteiger partial charge in [-0.1, -0.05) is 35.5 Å². The number of nitrogens with zero attached hydrogens (tertiary/aromatic N) is 3. The smallest absolute Gasteiger partial charge is 0.336 e. The van der Waals surface area contributed by atoms with Crippen LogP contribution in [-0.2, 0) is 22.7 Å². The molecule has 0 atom stereocenters. The summed E-state index contributed by atoms with van der Waals surface area (Å²) >= 11 is 0. The average molecular weight is 415 g/mol. The maximum atomic E-state index is 12.2. The maximum Gasteiger partial charge on any atom is 0.336 e. The molecular weight excluding hydrogens is 394 g/mol. The summed E-state index contributed by atoms with van der Waals surface area (Å²) in [5.41, 5.74) is 4.34. The van der Waals surface area contributed by atoms with Crippen LogP contribution in [0, 0.1) is 13.8 Å². The van der Waals surface area contributed by atoms with E-state index in [1.165, 1.54) is 12.1 Å². The molecule has 0 amide bonds. The molecule has 0 spiro atoms. The van der Waals surface area contributed by atoms with Gasteiger partial charge in [-0.05, 0) is 48.7 Å². The summed E-state index contributed by atoms with van der Waals surface area (Å²) in [4.78, 5) is 24.0. The molecule has 7 heteroatoms. The van der Waals surface area contributed by atoms with Crippen LogP contribution in [0.3, 0.4) is 0 Å². The minimum atomic E-state index is -0.539. The van der Waals surface area contributed by atoms with Crippen molar-refractivity contribution in [3.05, 3.63) is 99.2 Å². The van der Waals surface area contributed by atoms with Crippen LogP contribution in [0.5, 0.6) is 0 Å². The lowest BCUT2D eigenvalue weighted by Crippen LogP contribution is -2.06. The normalized spacial score (nSPS) is 11.3. The van der Waals surface area contributed by atoms with E-state index in [9.17, 15) is 9.59 Å². The third-order valence-electron chi connectivity index (χ3n) is 4.95. The predicted molar refractivity (Wildman–Crippen MR) is 116 cm³/mol. The third-order valence-corrected chi connectivity index (χ3v) is 4.95. The molecule has 2 aromatic heterocycles. The van der Waals surface area contributed by atoms with Crippen LogP contribution in [0.4, 0.5) is 0 Å². The molecule has 4 aromatic rings. The average Bonchev–Trinajstić information content (AvgIpc) is 3.20. The van der Waals surface area contributed by atoms with Gasteiger partial charge in [0, 0.05) is 23.1 Å². The van der Waals surface area contributed by atoms with Gasteiger partial charge in [0.15, 0.2) is 0 Å². The third kappa shape index (κ3) is 4.95. The summed E-state index contributed by atoms with van der Waals surface area (Å²) in [6.07, 6.45) is 4.58. The first-order valence-corrected chi connectivity index (χ1v) is 9.81. The van der Waals surface area contributed by atoms with Crippen LogP contribution < -0.4 is 5.63 Å². The monoisotopic (exact) mass is 415 g/mol. The number of hydrogen-bond acceptors (Lipinski definition) is 6. The largest absolute Gasteiger partial charge is 0.458 e. The number of ether oxygens (including phenoxy) is 1. The summed E-state index contributed by atoms with van der Waals surface area (Å²) < 4.78 is 12.3. The van der Waals surface area contributed by atoms with E-state index in [1.54, 1.807) is 17.0 Å². The molecule has 0 N–H and O–H groups in total. The first-order chi connectivity index (χ1) is 15.0. The van der Waals surface area contributed by atoms with Crippen molar-refractivity contribution in [3.63, 3.8) is 0 Å². The van der Waals surface area contributed by atoms with E-state index < -0.39 is 11.6 Å². The molecule has 0 aliphatic heterocycles. The van der Waals surface area contributed by atoms with Crippen molar-refractivity contribution in [1.29, 1.82) is 0 Å². The topological polar surface area (TPSA) is 87.2 Å². The summed E-state index contributed by atoms with van der Waals surface area (Å²) in [5.74, 6) is -0.539. The Balaban J connectivity index is 1.41. The maximum absolute atomic E-state index is 12.2. The predicted octanol–water partition coefficient (Wildman–Crippen LogP) is 3.81. The molecule has 0 aliphatic carbocycles. The summed E-state index contributed by atoms with van der Waals surface area (Å²) in [7, 11) is 0. The minimum absolute atomic E-state index is 0.0333. The molecule has 0 bridgehead atoms. The lowest BCUT2D eigenvalue weighted by atomic mass is 10.0. The fraction of sp³-hybridized carbons (Fsp3) is 0.167. The van der Waals surface area contributed by atoms with Gasteiger partial charge in [-0.15, -0.1) is 5.10 Å². The quantitative estimate of drug-likeness (QED) is 0.270. The van der Waals surface area contributed by atoms with Crippen molar-refractivity contribution in [1.82, 2.24) is 15.0 Å². The lowest BCUT2D eigenvalue weighted by Gasteiger charge is -2.08. The molecule has 0 radical (unpaired) electrons. The Kier molecular flexibility index (Phi) is 5.75. The van der Waals surface area contributed by atoms with Gasteiger partial charge in [-0.2, -0.15) is 0 Å². The van der Waals surface area contributed by atoms with Gasteiger partial charge in [0.2, 0.25) is 0 Å². The number of hydrogen-bond donors (Lipinski definition) is 0. The second-order valence-corrected chi connectivity index (χ2v) is 7.29. The van der Waals surface area contributed by atoms with Crippen molar-refractivity contribution in [2.75, 3.05) is 0 Å². The highest BCUT2D eigenvalue weighted by Gasteiger charge is 2.10. The molecule has 0 unspecified atom stereocenters. The SMILES string of the molecule is Cc1cc2oc(=O)cc(COC(=O)/C=C/c3cn(Cc4ccccc4)nn3)c2cc1C. The standard InChI is InChI=1S/C24H21N3O4/c1-16-10-21-19(12-24(29)31-22(21)11-17(16)2)15-30-23(28)9-8-20-14-27(26-25-20)13-18-6-4-3-5-7-18/h3-12,14H,13,15H2,1-2H3/b9-8+. The van der Waals surface area contributed by atoms with Gasteiger partial charge in [0.05, 0.1) is 12.7 Å². The second-order valence-electron chi connectivity index (χ2n) is 7.29. The van der Waals surface area contributed by atoms with Gasteiger partial charge in [-0.25, -0.2) is 14.3 Å². The van der Waals surface area contributed by atoms with E-state index in [1.807, 2.05) is 56.3 Å². The van der Waals surface area contributed by atoms with Crippen molar-refractivity contribution >= 4 is 23.0 Å². The van der Waals surface area contributed by atoms with Crippen LogP contribution >= 0.6 is 0 Å². The van der Waals surface area contributed by atoms with Crippen LogP contribution in [0.1, 0.15) is 27.9 Å². The fourth-order valence-corrected chi connectivity index (χ4v) is 3.19. The van der Waals surface area contributed by atoms with Gasteiger partial charge in [0.1, 0.15) is 17.9 Å². The molecule has 2 heterocycles. The number of aromatic nitrogens is 3. The van der Waals surface area contributed by atoms with Crippen molar-refractivity contribution in [3.8, 4) is 0 Å². The molecule has 0 saturated heterocycles. The fourth-order valence-electron chi connectivity index (χ4n) is 3.19. The van der Waals surface area contributed by atoms with Crippen LogP contribution in [0.25, 0.3) is 17.0 Å². The van der Waals surface area contributed by atoms with Gasteiger partial charge < -0.3 is 9.15 Å². The van der Waals surface area contributed by atoms with Gasteiger partial charge in [-0.3, -0.25) is 0 Å². The Morgan fingerprint density at radius 3 is 2.71 bits per heavy atom. The first kappa shape index (κ1) is 20.3. The van der Waals surface area contributed by atoms with E-state index in [2.05, 4.69) is 10.3 Å². The van der Waals surface area contributed by atoms with Crippen LogP contribution in [0.2, 0.25) is 0 Å². The van der Waals surface area contributed by atoms with Crippen molar-refractivity contribution < 1.29 is 13.9 Å². The number of rotatable bonds is 6. The summed E-state index contributed by atoms with van der Waals surface area (Å²) in [6.45, 7) is 4.48. The Bertz CT molecular complexity index is 1320. The zero-order chi connectivity index (χ0) is 21.8. The Hall–Kier alpha value is -4.00. The first-order valence-electron chi connectivity index (χ1n) is 9.81. The minimum Gasteiger partial charge on any atom is -0.458 e. The van der Waals surface area contributed by atoms with E-state index in [0.717, 1.165) is 22.1 Å². The molecule has 31 heavy (non-hydrogen) atoms.